The van der Waals surface area contributed by atoms with Crippen LogP contribution in [0.2, 0.25) is 10.0 Å². The molecule has 0 fully saturated rings. The molecular formula is C22H20Cl2F3N5O2S. The molecule has 1 aromatic carbocycles. The molecule has 7 nitrogen and oxygen atoms in total. The maximum absolute atomic E-state index is 13.4. The van der Waals surface area contributed by atoms with Crippen LogP contribution in [0.1, 0.15) is 39.0 Å². The molecule has 35 heavy (non-hydrogen) atoms. The summed E-state index contributed by atoms with van der Waals surface area (Å²) in [5.74, 6) is -1.61. The number of carbonyl (C=O) groups excluding carboxylic acids is 2. The van der Waals surface area contributed by atoms with Crippen molar-refractivity contribution < 1.29 is 22.8 Å². The van der Waals surface area contributed by atoms with Gasteiger partial charge in [0.15, 0.2) is 11.5 Å². The Bertz CT molecular complexity index is 1270. The fourth-order valence-electron chi connectivity index (χ4n) is 3.06. The number of aryl methyl sites for hydroxylation is 1. The third-order valence-corrected chi connectivity index (χ3v) is 6.39. The van der Waals surface area contributed by atoms with E-state index in [1.165, 1.54) is 30.5 Å². The number of amides is 2. The molecule has 13 heteroatoms. The smallest absolute Gasteiger partial charge is 0.351 e. The number of hydrogen-bond donors (Lipinski definition) is 2. The van der Waals surface area contributed by atoms with E-state index in [9.17, 15) is 22.8 Å². The number of carbonyl (C=O) groups is 2. The number of thioether (sulfide) groups is 1. The van der Waals surface area contributed by atoms with Gasteiger partial charge in [-0.2, -0.15) is 30.0 Å². The number of nitrogens with one attached hydrogen (secondary N) is 2. The van der Waals surface area contributed by atoms with Gasteiger partial charge in [0.25, 0.3) is 11.8 Å². The van der Waals surface area contributed by atoms with Gasteiger partial charge in [-0.15, -0.1) is 0 Å². The zero-order chi connectivity index (χ0) is 25.9. The SMILES string of the molecule is CSC(C)CNC(=O)c1cc(Cl)cc(C)c1NC(=O)c1cc(C(F)(F)F)nn1-c1ncccc1Cl. The fourth-order valence-corrected chi connectivity index (χ4v) is 3.78. The standard InChI is InChI=1S/C22H20Cl2F3N5O2S/c1-11-7-13(23)8-14(20(33)29-10-12(2)35-3)18(11)30-21(34)16-9-17(22(25,26)27)31-32(16)19-15(24)5-4-6-28-19/h4-9,12H,10H2,1-3H3,(H,29,33)(H,30,34). The molecule has 0 spiro atoms. The zero-order valence-electron chi connectivity index (χ0n) is 18.7. The van der Waals surface area contributed by atoms with E-state index in [1.54, 1.807) is 18.7 Å². The Kier molecular flexibility index (Phi) is 8.34. The van der Waals surface area contributed by atoms with Gasteiger partial charge in [-0.05, 0) is 43.0 Å². The second-order valence-electron chi connectivity index (χ2n) is 7.49. The lowest BCUT2D eigenvalue weighted by atomic mass is 10.1. The van der Waals surface area contributed by atoms with Gasteiger partial charge in [0.05, 0.1) is 16.3 Å². The van der Waals surface area contributed by atoms with Gasteiger partial charge < -0.3 is 10.6 Å². The maximum atomic E-state index is 13.4. The van der Waals surface area contributed by atoms with Crippen LogP contribution >= 0.6 is 35.0 Å². The lowest BCUT2D eigenvalue weighted by Gasteiger charge is -2.16. The van der Waals surface area contributed by atoms with Crippen LogP contribution in [-0.4, -0.2) is 44.6 Å². The Morgan fingerprint density at radius 1 is 1.20 bits per heavy atom. The molecule has 2 amide bonds. The van der Waals surface area contributed by atoms with Crippen LogP contribution in [0.5, 0.6) is 0 Å². The van der Waals surface area contributed by atoms with Crippen molar-refractivity contribution in [3.8, 4) is 5.82 Å². The first kappa shape index (κ1) is 26.8. The van der Waals surface area contributed by atoms with Crippen LogP contribution < -0.4 is 10.6 Å². The summed E-state index contributed by atoms with van der Waals surface area (Å²) in [6.07, 6.45) is -1.62. The molecule has 0 aliphatic carbocycles. The van der Waals surface area contributed by atoms with Crippen LogP contribution in [0.3, 0.4) is 0 Å². The molecule has 1 unspecified atom stereocenters. The number of pyridine rings is 1. The number of halogens is 5. The van der Waals surface area contributed by atoms with Crippen molar-refractivity contribution in [2.45, 2.75) is 25.3 Å². The van der Waals surface area contributed by atoms with Gasteiger partial charge >= 0.3 is 6.18 Å². The van der Waals surface area contributed by atoms with Crippen LogP contribution in [0, 0.1) is 6.92 Å². The Hall–Kier alpha value is -2.76. The van der Waals surface area contributed by atoms with Gasteiger partial charge in [-0.25, -0.2) is 9.67 Å². The van der Waals surface area contributed by atoms with Gasteiger partial charge in [0.2, 0.25) is 0 Å². The van der Waals surface area contributed by atoms with Crippen molar-refractivity contribution in [2.24, 2.45) is 0 Å². The molecule has 0 saturated heterocycles. The fraction of sp³-hybridized carbons (Fsp3) is 0.273. The van der Waals surface area contributed by atoms with E-state index < -0.39 is 29.4 Å². The van der Waals surface area contributed by atoms with Crippen LogP contribution in [0.25, 0.3) is 5.82 Å². The molecule has 0 aliphatic heterocycles. The van der Waals surface area contributed by atoms with E-state index in [0.717, 1.165) is 0 Å². The van der Waals surface area contributed by atoms with E-state index in [2.05, 4.69) is 20.7 Å². The van der Waals surface area contributed by atoms with Gasteiger partial charge in [0, 0.05) is 29.1 Å². The summed E-state index contributed by atoms with van der Waals surface area (Å²) in [7, 11) is 0. The highest BCUT2D eigenvalue weighted by atomic mass is 35.5. The molecule has 2 aromatic heterocycles. The summed E-state index contributed by atoms with van der Waals surface area (Å²) in [5.41, 5.74) is -1.18. The summed E-state index contributed by atoms with van der Waals surface area (Å²) in [6.45, 7) is 3.90. The molecular weight excluding hydrogens is 526 g/mol. The lowest BCUT2D eigenvalue weighted by Crippen LogP contribution is -2.30. The second-order valence-corrected chi connectivity index (χ2v) is 9.61. The van der Waals surface area contributed by atoms with Crippen molar-refractivity contribution in [3.63, 3.8) is 0 Å². The minimum absolute atomic E-state index is 0.0102. The van der Waals surface area contributed by atoms with E-state index in [0.29, 0.717) is 22.9 Å². The molecule has 0 aliphatic rings. The Morgan fingerprint density at radius 2 is 1.91 bits per heavy atom. The molecule has 0 bridgehead atoms. The molecule has 3 rings (SSSR count). The van der Waals surface area contributed by atoms with Crippen molar-refractivity contribution in [1.82, 2.24) is 20.1 Å². The van der Waals surface area contributed by atoms with Gasteiger partial charge in [0.1, 0.15) is 5.69 Å². The van der Waals surface area contributed by atoms with Crippen molar-refractivity contribution in [1.29, 1.82) is 0 Å². The highest BCUT2D eigenvalue weighted by Gasteiger charge is 2.36. The topological polar surface area (TPSA) is 88.9 Å². The predicted molar refractivity (Wildman–Crippen MR) is 131 cm³/mol. The van der Waals surface area contributed by atoms with Crippen molar-refractivity contribution in [2.75, 3.05) is 18.1 Å². The summed E-state index contributed by atoms with van der Waals surface area (Å²) in [4.78, 5) is 30.0. The zero-order valence-corrected chi connectivity index (χ0v) is 21.0. The van der Waals surface area contributed by atoms with Crippen LogP contribution in [0.15, 0.2) is 36.5 Å². The largest absolute Gasteiger partial charge is 0.435 e. The number of nitrogens with zero attached hydrogens (tertiary/aromatic N) is 3. The summed E-state index contributed by atoms with van der Waals surface area (Å²) in [5, 5.41) is 9.19. The molecule has 2 N–H and O–H groups in total. The van der Waals surface area contributed by atoms with E-state index in [4.69, 9.17) is 23.2 Å². The normalized spacial score (nSPS) is 12.3. The van der Waals surface area contributed by atoms with E-state index in [1.807, 2.05) is 13.2 Å². The quantitative estimate of drug-likeness (QED) is 0.401. The second kappa shape index (κ2) is 10.9. The van der Waals surface area contributed by atoms with Crippen molar-refractivity contribution >= 4 is 52.5 Å². The summed E-state index contributed by atoms with van der Waals surface area (Å²) >= 11 is 13.8. The van der Waals surface area contributed by atoms with Crippen LogP contribution in [-0.2, 0) is 6.18 Å². The first-order chi connectivity index (χ1) is 16.4. The Balaban J connectivity index is 2.04. The molecule has 3 aromatic rings. The number of rotatable bonds is 7. The minimum Gasteiger partial charge on any atom is -0.351 e. The average molecular weight is 546 g/mol. The maximum Gasteiger partial charge on any atom is 0.435 e. The van der Waals surface area contributed by atoms with Gasteiger partial charge in [-0.3, -0.25) is 9.59 Å². The molecule has 0 radical (unpaired) electrons. The van der Waals surface area contributed by atoms with Crippen molar-refractivity contribution in [3.05, 3.63) is 69.1 Å². The van der Waals surface area contributed by atoms with E-state index >= 15 is 0 Å². The Morgan fingerprint density at radius 3 is 2.54 bits per heavy atom. The van der Waals surface area contributed by atoms with Gasteiger partial charge in [-0.1, -0.05) is 30.1 Å². The van der Waals surface area contributed by atoms with Crippen LogP contribution in [0.4, 0.5) is 18.9 Å². The molecule has 0 saturated carbocycles. The third kappa shape index (κ3) is 6.28. The minimum atomic E-state index is -4.82. The number of hydrogen-bond acceptors (Lipinski definition) is 5. The first-order valence-corrected chi connectivity index (χ1v) is 12.2. The molecule has 1 atom stereocenters. The van der Waals surface area contributed by atoms with E-state index in [-0.39, 0.29) is 32.4 Å². The number of alkyl halides is 3. The number of anilines is 1. The third-order valence-electron chi connectivity index (χ3n) is 4.91. The molecule has 2 heterocycles. The summed E-state index contributed by atoms with van der Waals surface area (Å²) in [6, 6.07) is 6.37. The number of benzene rings is 1. The highest BCUT2D eigenvalue weighted by molar-refractivity contribution is 7.99. The number of aromatic nitrogens is 3. The summed E-state index contributed by atoms with van der Waals surface area (Å²) < 4.78 is 41.0. The first-order valence-electron chi connectivity index (χ1n) is 10.1. The predicted octanol–water partition coefficient (Wildman–Crippen LogP) is 5.63. The highest BCUT2D eigenvalue weighted by Crippen LogP contribution is 2.31. The monoisotopic (exact) mass is 545 g/mol. The lowest BCUT2D eigenvalue weighted by molar-refractivity contribution is -0.141. The molecule has 186 valence electrons. The average Bonchev–Trinajstić information content (AvgIpc) is 3.25. The Labute approximate surface area is 213 Å².